The lowest BCUT2D eigenvalue weighted by molar-refractivity contribution is -0.143. The molecule has 1 amide bonds. The van der Waals surface area contributed by atoms with Gasteiger partial charge in [-0.25, -0.2) is 4.98 Å². The summed E-state index contributed by atoms with van der Waals surface area (Å²) in [6.07, 6.45) is -4.12. The van der Waals surface area contributed by atoms with Crippen molar-refractivity contribution in [2.45, 2.75) is 45.0 Å². The number of amides is 1. The van der Waals surface area contributed by atoms with Gasteiger partial charge in [-0.15, -0.1) is 0 Å². The summed E-state index contributed by atoms with van der Waals surface area (Å²) in [7, 11) is 1.42. The zero-order chi connectivity index (χ0) is 17.1. The number of methoxy groups -OCH3 is 1. The van der Waals surface area contributed by atoms with E-state index in [-0.39, 0.29) is 11.1 Å². The molecule has 1 rings (SSSR count). The number of rotatable bonds is 5. The third-order valence-electron chi connectivity index (χ3n) is 3.59. The fraction of sp³-hybridized carbons (Fsp3) is 0.571. The van der Waals surface area contributed by atoms with Crippen molar-refractivity contribution in [3.63, 3.8) is 0 Å². The summed E-state index contributed by atoms with van der Waals surface area (Å²) >= 11 is 5.80. The molecule has 0 spiro atoms. The van der Waals surface area contributed by atoms with Crippen LogP contribution in [0, 0.1) is 0 Å². The molecule has 0 aliphatic carbocycles. The minimum atomic E-state index is -4.56. The van der Waals surface area contributed by atoms with Gasteiger partial charge in [0.2, 0.25) is 0 Å². The van der Waals surface area contributed by atoms with Crippen molar-refractivity contribution < 1.29 is 22.7 Å². The quantitative estimate of drug-likeness (QED) is 0.832. The Bertz CT molecular complexity index is 545. The second-order valence-corrected chi connectivity index (χ2v) is 5.42. The lowest BCUT2D eigenvalue weighted by atomic mass is 10.0. The molecular weight excluding hydrogens is 321 g/mol. The van der Waals surface area contributed by atoms with Crippen LogP contribution < -0.4 is 5.32 Å². The Hall–Kier alpha value is -1.34. The van der Waals surface area contributed by atoms with Crippen molar-refractivity contribution >= 4 is 17.5 Å². The molecule has 2 atom stereocenters. The molecule has 8 heteroatoms. The standard InChI is InChI=1S/C14H18ClF3N2O2/c1-5-13(3,22-4)12(21)19-8(2)9-6-7-10(14(16,17)18)20-11(9)15/h6-8H,5H2,1-4H3,(H,19,21). The van der Waals surface area contributed by atoms with E-state index >= 15 is 0 Å². The average Bonchev–Trinajstić information content (AvgIpc) is 2.44. The van der Waals surface area contributed by atoms with Gasteiger partial charge in [0.1, 0.15) is 16.4 Å². The molecule has 1 aromatic heterocycles. The molecular formula is C14H18ClF3N2O2. The average molecular weight is 339 g/mol. The maximum atomic E-state index is 12.6. The first-order valence-electron chi connectivity index (χ1n) is 6.65. The van der Waals surface area contributed by atoms with Crippen LogP contribution in [0.15, 0.2) is 12.1 Å². The predicted molar refractivity (Wildman–Crippen MR) is 76.5 cm³/mol. The fourth-order valence-electron chi connectivity index (χ4n) is 1.75. The monoisotopic (exact) mass is 338 g/mol. The van der Waals surface area contributed by atoms with E-state index in [1.54, 1.807) is 20.8 Å². The number of nitrogens with zero attached hydrogens (tertiary/aromatic N) is 1. The largest absolute Gasteiger partial charge is 0.433 e. The molecule has 0 bridgehead atoms. The van der Waals surface area contributed by atoms with Gasteiger partial charge in [0.25, 0.3) is 5.91 Å². The van der Waals surface area contributed by atoms with Crippen LogP contribution in [0.2, 0.25) is 5.15 Å². The highest BCUT2D eigenvalue weighted by atomic mass is 35.5. The van der Waals surface area contributed by atoms with Crippen LogP contribution in [0.1, 0.15) is 44.5 Å². The van der Waals surface area contributed by atoms with Gasteiger partial charge >= 0.3 is 6.18 Å². The maximum Gasteiger partial charge on any atom is 0.433 e. The van der Waals surface area contributed by atoms with Gasteiger partial charge in [-0.3, -0.25) is 4.79 Å². The second-order valence-electron chi connectivity index (χ2n) is 5.06. The summed E-state index contributed by atoms with van der Waals surface area (Å²) in [5.41, 5.74) is -1.78. The van der Waals surface area contributed by atoms with E-state index in [0.29, 0.717) is 12.0 Å². The molecule has 124 valence electrons. The number of pyridine rings is 1. The number of halogens is 4. The van der Waals surface area contributed by atoms with Crippen molar-refractivity contribution in [3.05, 3.63) is 28.5 Å². The highest BCUT2D eigenvalue weighted by Gasteiger charge is 2.34. The van der Waals surface area contributed by atoms with Crippen molar-refractivity contribution in [1.82, 2.24) is 10.3 Å². The molecule has 2 unspecified atom stereocenters. The number of hydrogen-bond donors (Lipinski definition) is 1. The van der Waals surface area contributed by atoms with E-state index in [4.69, 9.17) is 16.3 Å². The Morgan fingerprint density at radius 1 is 1.45 bits per heavy atom. The summed E-state index contributed by atoms with van der Waals surface area (Å²) < 4.78 is 42.8. The van der Waals surface area contributed by atoms with Crippen LogP contribution in [-0.4, -0.2) is 23.6 Å². The van der Waals surface area contributed by atoms with Gasteiger partial charge in [0.05, 0.1) is 6.04 Å². The van der Waals surface area contributed by atoms with Crippen LogP contribution in [0.4, 0.5) is 13.2 Å². The molecule has 0 saturated carbocycles. The third-order valence-corrected chi connectivity index (χ3v) is 3.89. The predicted octanol–water partition coefficient (Wildman–Crippen LogP) is 3.75. The Kier molecular flexibility index (Phi) is 5.81. The van der Waals surface area contributed by atoms with Gasteiger partial charge in [-0.2, -0.15) is 13.2 Å². The Balaban J connectivity index is 2.95. The van der Waals surface area contributed by atoms with Crippen molar-refractivity contribution in [2.75, 3.05) is 7.11 Å². The summed E-state index contributed by atoms with van der Waals surface area (Å²) in [5.74, 6) is -0.374. The summed E-state index contributed by atoms with van der Waals surface area (Å²) in [5, 5.41) is 2.37. The van der Waals surface area contributed by atoms with Crippen molar-refractivity contribution in [3.8, 4) is 0 Å². The Labute approximate surface area is 132 Å². The number of ether oxygens (including phenoxy) is 1. The number of alkyl halides is 3. The molecule has 0 aromatic carbocycles. The Morgan fingerprint density at radius 3 is 2.45 bits per heavy atom. The zero-order valence-corrected chi connectivity index (χ0v) is 13.5. The summed E-state index contributed by atoms with van der Waals surface area (Å²) in [4.78, 5) is 15.5. The van der Waals surface area contributed by atoms with E-state index in [0.717, 1.165) is 6.07 Å². The van der Waals surface area contributed by atoms with Gasteiger partial charge < -0.3 is 10.1 Å². The lowest BCUT2D eigenvalue weighted by Gasteiger charge is -2.27. The van der Waals surface area contributed by atoms with E-state index < -0.39 is 23.5 Å². The van der Waals surface area contributed by atoms with Crippen LogP contribution in [0.5, 0.6) is 0 Å². The maximum absolute atomic E-state index is 12.6. The van der Waals surface area contributed by atoms with Gasteiger partial charge in [-0.1, -0.05) is 24.6 Å². The van der Waals surface area contributed by atoms with Crippen LogP contribution in [-0.2, 0) is 15.7 Å². The minimum absolute atomic E-state index is 0.293. The molecule has 0 saturated heterocycles. The SMILES string of the molecule is CCC(C)(OC)C(=O)NC(C)c1ccc(C(F)(F)F)nc1Cl. The molecule has 0 fully saturated rings. The number of nitrogens with one attached hydrogen (secondary N) is 1. The number of aromatic nitrogens is 1. The highest BCUT2D eigenvalue weighted by Crippen LogP contribution is 2.31. The first-order chi connectivity index (χ1) is 10.0. The smallest absolute Gasteiger partial charge is 0.369 e. The highest BCUT2D eigenvalue weighted by molar-refractivity contribution is 6.30. The first-order valence-corrected chi connectivity index (χ1v) is 7.02. The number of carbonyl (C=O) groups is 1. The fourth-order valence-corrected chi connectivity index (χ4v) is 2.07. The summed E-state index contributed by atoms with van der Waals surface area (Å²) in [6.45, 7) is 5.03. The summed E-state index contributed by atoms with van der Waals surface area (Å²) in [6, 6.07) is 1.44. The number of carbonyl (C=O) groups excluding carboxylic acids is 1. The van der Waals surface area contributed by atoms with Crippen molar-refractivity contribution in [1.29, 1.82) is 0 Å². The van der Waals surface area contributed by atoms with Gasteiger partial charge in [0, 0.05) is 12.7 Å². The van der Waals surface area contributed by atoms with Gasteiger partial charge in [0.15, 0.2) is 0 Å². The van der Waals surface area contributed by atoms with Crippen LogP contribution in [0.3, 0.4) is 0 Å². The molecule has 1 heterocycles. The van der Waals surface area contributed by atoms with Crippen LogP contribution >= 0.6 is 11.6 Å². The van der Waals surface area contributed by atoms with Gasteiger partial charge in [-0.05, 0) is 26.3 Å². The molecule has 0 aliphatic heterocycles. The van der Waals surface area contributed by atoms with E-state index in [1.807, 2.05) is 0 Å². The third kappa shape index (κ3) is 4.10. The molecule has 0 aliphatic rings. The normalized spacial score (nSPS) is 16.0. The first kappa shape index (κ1) is 18.7. The van der Waals surface area contributed by atoms with Crippen molar-refractivity contribution in [2.24, 2.45) is 0 Å². The molecule has 4 nitrogen and oxygen atoms in total. The number of hydrogen-bond acceptors (Lipinski definition) is 3. The van der Waals surface area contributed by atoms with E-state index in [2.05, 4.69) is 10.3 Å². The molecule has 1 N–H and O–H groups in total. The molecule has 0 radical (unpaired) electrons. The molecule has 1 aromatic rings. The van der Waals surface area contributed by atoms with E-state index in [9.17, 15) is 18.0 Å². The molecule has 22 heavy (non-hydrogen) atoms. The van der Waals surface area contributed by atoms with E-state index in [1.165, 1.54) is 13.2 Å². The topological polar surface area (TPSA) is 51.2 Å². The Morgan fingerprint density at radius 2 is 2.05 bits per heavy atom. The lowest BCUT2D eigenvalue weighted by Crippen LogP contribution is -2.46. The van der Waals surface area contributed by atoms with Crippen LogP contribution in [0.25, 0.3) is 0 Å². The minimum Gasteiger partial charge on any atom is -0.369 e. The zero-order valence-electron chi connectivity index (χ0n) is 12.7. The second kappa shape index (κ2) is 6.83.